The van der Waals surface area contributed by atoms with Crippen LogP contribution in [0.25, 0.3) is 0 Å². The fourth-order valence-electron chi connectivity index (χ4n) is 3.24. The Hall–Kier alpha value is -3.32. The Morgan fingerprint density at radius 1 is 0.867 bits per heavy atom. The second-order valence-corrected chi connectivity index (χ2v) is 8.17. The molecule has 0 fully saturated rings. The third-order valence-electron chi connectivity index (χ3n) is 4.76. The second kappa shape index (κ2) is 7.84. The molecule has 0 aliphatic heterocycles. The van der Waals surface area contributed by atoms with Gasteiger partial charge in [-0.05, 0) is 37.3 Å². The Kier molecular flexibility index (Phi) is 5.22. The fourth-order valence-corrected chi connectivity index (χ4v) is 4.10. The summed E-state index contributed by atoms with van der Waals surface area (Å²) in [6.07, 6.45) is 0. The zero-order chi connectivity index (χ0) is 21.4. The molecule has 0 aromatic heterocycles. The topological polar surface area (TPSA) is 63.2 Å². The summed E-state index contributed by atoms with van der Waals surface area (Å²) in [5.41, 5.74) is 1.55. The van der Waals surface area contributed by atoms with Crippen LogP contribution >= 0.6 is 11.8 Å². The Morgan fingerprint density at radius 3 is 2.17 bits per heavy atom. The Bertz CT molecular complexity index is 1210. The quantitative estimate of drug-likeness (QED) is 0.476. The van der Waals surface area contributed by atoms with E-state index in [1.54, 1.807) is 37.3 Å². The molecular weight excluding hydrogens is 408 g/mol. The summed E-state index contributed by atoms with van der Waals surface area (Å²) in [6, 6.07) is 14.3. The molecule has 30 heavy (non-hydrogen) atoms. The molecule has 1 N–H and O–H groups in total. The molecule has 0 bridgehead atoms. The highest BCUT2D eigenvalue weighted by molar-refractivity contribution is 8.00. The first-order valence-electron chi connectivity index (χ1n) is 9.10. The van der Waals surface area contributed by atoms with Crippen LogP contribution in [0.15, 0.2) is 65.6 Å². The largest absolute Gasteiger partial charge is 0.325 e. The first-order chi connectivity index (χ1) is 14.3. The number of nitrogens with one attached hydrogen (secondary N) is 1. The van der Waals surface area contributed by atoms with Crippen LogP contribution in [0.2, 0.25) is 0 Å². The van der Waals surface area contributed by atoms with E-state index in [4.69, 9.17) is 0 Å². The minimum atomic E-state index is -0.740. The third kappa shape index (κ3) is 3.64. The smallest absolute Gasteiger partial charge is 0.237 e. The molecule has 1 aliphatic rings. The van der Waals surface area contributed by atoms with Crippen molar-refractivity contribution in [3.05, 3.63) is 94.6 Å². The maximum Gasteiger partial charge on any atom is 0.237 e. The second-order valence-electron chi connectivity index (χ2n) is 6.79. The number of hydrogen-bond acceptors (Lipinski definition) is 4. The number of anilines is 1. The van der Waals surface area contributed by atoms with Crippen LogP contribution in [0.3, 0.4) is 0 Å². The number of thioether (sulfide) groups is 1. The van der Waals surface area contributed by atoms with Crippen molar-refractivity contribution in [1.29, 1.82) is 0 Å². The summed E-state index contributed by atoms with van der Waals surface area (Å²) >= 11 is 0.952. The summed E-state index contributed by atoms with van der Waals surface area (Å²) in [5.74, 6) is -2.38. The average Bonchev–Trinajstić information content (AvgIpc) is 2.74. The summed E-state index contributed by atoms with van der Waals surface area (Å²) in [6.45, 7) is 1.59. The van der Waals surface area contributed by atoms with Crippen molar-refractivity contribution in [2.24, 2.45) is 0 Å². The number of halogens is 2. The van der Waals surface area contributed by atoms with E-state index in [9.17, 15) is 23.2 Å². The summed E-state index contributed by atoms with van der Waals surface area (Å²) in [5, 5.41) is 2.00. The third-order valence-corrected chi connectivity index (χ3v) is 5.91. The Morgan fingerprint density at radius 2 is 1.50 bits per heavy atom. The molecule has 4 nitrogen and oxygen atoms in total. The number of benzene rings is 3. The normalized spacial score (nSPS) is 13.4. The number of rotatable bonds is 4. The molecule has 1 atom stereocenters. The molecule has 1 aliphatic carbocycles. The SMILES string of the molecule is CC(Sc1ccc(F)cc1F)C(=O)Nc1ccc2c(c1)C(=O)c1ccccc1C2=O. The standard InChI is InChI=1S/C23H15F2NO3S/c1-12(30-20-9-6-13(24)10-19(20)25)23(29)26-14-7-8-17-18(11-14)22(28)16-5-3-2-4-15(16)21(17)27/h2-12H,1H3,(H,26,29). The number of fused-ring (bicyclic) bond motifs is 2. The van der Waals surface area contributed by atoms with Gasteiger partial charge in [0.2, 0.25) is 5.91 Å². The van der Waals surface area contributed by atoms with E-state index in [0.29, 0.717) is 16.8 Å². The van der Waals surface area contributed by atoms with E-state index in [1.807, 2.05) is 0 Å². The maximum absolute atomic E-state index is 13.8. The highest BCUT2D eigenvalue weighted by atomic mass is 32.2. The first kappa shape index (κ1) is 20.0. The van der Waals surface area contributed by atoms with E-state index in [-0.39, 0.29) is 27.6 Å². The van der Waals surface area contributed by atoms with Crippen LogP contribution in [0.4, 0.5) is 14.5 Å². The van der Waals surface area contributed by atoms with Crippen molar-refractivity contribution < 1.29 is 23.2 Å². The van der Waals surface area contributed by atoms with Crippen LogP contribution in [0.1, 0.15) is 38.8 Å². The van der Waals surface area contributed by atoms with Gasteiger partial charge in [-0.25, -0.2) is 8.78 Å². The van der Waals surface area contributed by atoms with E-state index in [2.05, 4.69) is 5.32 Å². The van der Waals surface area contributed by atoms with Crippen molar-refractivity contribution in [2.75, 3.05) is 5.32 Å². The monoisotopic (exact) mass is 423 g/mol. The van der Waals surface area contributed by atoms with Crippen molar-refractivity contribution in [3.8, 4) is 0 Å². The Labute approximate surface area is 175 Å². The van der Waals surface area contributed by atoms with Gasteiger partial charge in [-0.3, -0.25) is 14.4 Å². The van der Waals surface area contributed by atoms with Crippen LogP contribution in [-0.2, 0) is 4.79 Å². The van der Waals surface area contributed by atoms with Crippen molar-refractivity contribution in [3.63, 3.8) is 0 Å². The highest BCUT2D eigenvalue weighted by Gasteiger charge is 2.29. The Balaban J connectivity index is 1.54. The van der Waals surface area contributed by atoms with E-state index < -0.39 is 22.8 Å². The van der Waals surface area contributed by atoms with Gasteiger partial charge in [-0.1, -0.05) is 24.3 Å². The minimum Gasteiger partial charge on any atom is -0.325 e. The van der Waals surface area contributed by atoms with Gasteiger partial charge in [0, 0.05) is 38.9 Å². The minimum absolute atomic E-state index is 0.155. The molecule has 0 heterocycles. The molecule has 1 amide bonds. The van der Waals surface area contributed by atoms with Crippen molar-refractivity contribution >= 4 is 34.9 Å². The van der Waals surface area contributed by atoms with Gasteiger partial charge in [0.25, 0.3) is 0 Å². The number of carbonyl (C=O) groups is 3. The first-order valence-corrected chi connectivity index (χ1v) is 9.98. The predicted octanol–water partition coefficient (Wildman–Crippen LogP) is 4.86. The van der Waals surface area contributed by atoms with E-state index >= 15 is 0 Å². The summed E-state index contributed by atoms with van der Waals surface area (Å²) in [7, 11) is 0. The maximum atomic E-state index is 13.8. The van der Waals surface area contributed by atoms with Crippen LogP contribution < -0.4 is 5.32 Å². The number of ketones is 2. The van der Waals surface area contributed by atoms with Gasteiger partial charge in [-0.15, -0.1) is 11.8 Å². The van der Waals surface area contributed by atoms with E-state index in [1.165, 1.54) is 18.2 Å². The molecule has 7 heteroatoms. The lowest BCUT2D eigenvalue weighted by Gasteiger charge is -2.19. The fraction of sp³-hybridized carbons (Fsp3) is 0.0870. The number of carbonyl (C=O) groups excluding carboxylic acids is 3. The van der Waals surface area contributed by atoms with Gasteiger partial charge >= 0.3 is 0 Å². The highest BCUT2D eigenvalue weighted by Crippen LogP contribution is 2.30. The summed E-state index contributed by atoms with van der Waals surface area (Å²) < 4.78 is 26.9. The van der Waals surface area contributed by atoms with Crippen molar-refractivity contribution in [2.45, 2.75) is 17.1 Å². The molecule has 0 radical (unpaired) electrons. The van der Waals surface area contributed by atoms with Crippen molar-refractivity contribution in [1.82, 2.24) is 0 Å². The number of hydrogen-bond donors (Lipinski definition) is 1. The molecule has 1 unspecified atom stereocenters. The molecule has 0 spiro atoms. The molecule has 0 saturated heterocycles. The van der Waals surface area contributed by atoms with Gasteiger partial charge in [0.15, 0.2) is 11.6 Å². The summed E-state index contributed by atoms with van der Waals surface area (Å²) in [4.78, 5) is 38.1. The van der Waals surface area contributed by atoms with Gasteiger partial charge in [-0.2, -0.15) is 0 Å². The molecule has 150 valence electrons. The lowest BCUT2D eigenvalue weighted by Crippen LogP contribution is -2.24. The van der Waals surface area contributed by atoms with Crippen LogP contribution in [-0.4, -0.2) is 22.7 Å². The van der Waals surface area contributed by atoms with Crippen LogP contribution in [0.5, 0.6) is 0 Å². The van der Waals surface area contributed by atoms with Gasteiger partial charge in [0.1, 0.15) is 11.6 Å². The molecule has 3 aromatic carbocycles. The lowest BCUT2D eigenvalue weighted by molar-refractivity contribution is -0.115. The molecule has 0 saturated carbocycles. The van der Waals surface area contributed by atoms with Gasteiger partial charge in [0.05, 0.1) is 5.25 Å². The molecular formula is C23H15F2NO3S. The zero-order valence-electron chi connectivity index (χ0n) is 15.7. The van der Waals surface area contributed by atoms with Gasteiger partial charge < -0.3 is 5.32 Å². The zero-order valence-corrected chi connectivity index (χ0v) is 16.6. The average molecular weight is 423 g/mol. The molecule has 3 aromatic rings. The molecule has 4 rings (SSSR count). The van der Waals surface area contributed by atoms with Crippen LogP contribution in [0, 0.1) is 11.6 Å². The number of amides is 1. The predicted molar refractivity (Wildman–Crippen MR) is 110 cm³/mol. The lowest BCUT2D eigenvalue weighted by atomic mass is 9.84. The van der Waals surface area contributed by atoms with E-state index in [0.717, 1.165) is 23.9 Å².